The van der Waals surface area contributed by atoms with Crippen molar-refractivity contribution >= 4 is 12.4 Å². The molecule has 2 aliphatic rings. The van der Waals surface area contributed by atoms with Gasteiger partial charge in [0.15, 0.2) is 0 Å². The first-order valence-electron chi connectivity index (χ1n) is 10.2. The van der Waals surface area contributed by atoms with Gasteiger partial charge in [0.1, 0.15) is 0 Å². The lowest BCUT2D eigenvalue weighted by Crippen LogP contribution is -2.48. The summed E-state index contributed by atoms with van der Waals surface area (Å²) in [5.41, 5.74) is 0.490. The van der Waals surface area contributed by atoms with Crippen molar-refractivity contribution in [2.24, 2.45) is 20.8 Å². The zero-order chi connectivity index (χ0) is 17.9. The van der Waals surface area contributed by atoms with Gasteiger partial charge in [-0.2, -0.15) is 0 Å². The van der Waals surface area contributed by atoms with Crippen molar-refractivity contribution in [3.63, 3.8) is 0 Å². The van der Waals surface area contributed by atoms with Crippen molar-refractivity contribution in [3.8, 4) is 0 Å². The lowest BCUT2D eigenvalue weighted by atomic mass is 9.53. The molecule has 0 atom stereocenters. The molecule has 0 saturated heterocycles. The largest absolute Gasteiger partial charge is 0.291 e. The summed E-state index contributed by atoms with van der Waals surface area (Å²) in [6, 6.07) is 0. The Labute approximate surface area is 150 Å². The van der Waals surface area contributed by atoms with Gasteiger partial charge in [-0.05, 0) is 67.2 Å². The van der Waals surface area contributed by atoms with Gasteiger partial charge in [-0.3, -0.25) is 9.98 Å². The third-order valence-electron chi connectivity index (χ3n) is 5.88. The zero-order valence-corrected chi connectivity index (χ0v) is 17.1. The highest BCUT2D eigenvalue weighted by molar-refractivity contribution is 5.79. The summed E-state index contributed by atoms with van der Waals surface area (Å²) in [7, 11) is 0. The molecule has 0 radical (unpaired) electrons. The first kappa shape index (κ1) is 19.7. The van der Waals surface area contributed by atoms with Crippen molar-refractivity contribution < 1.29 is 0 Å². The van der Waals surface area contributed by atoms with Gasteiger partial charge < -0.3 is 0 Å². The topological polar surface area (TPSA) is 24.7 Å². The Morgan fingerprint density at radius 2 is 0.833 bits per heavy atom. The smallest absolute Gasteiger partial charge is 0.0520 e. The average Bonchev–Trinajstić information content (AvgIpc) is 2.51. The van der Waals surface area contributed by atoms with E-state index in [1.54, 1.807) is 0 Å². The standard InChI is InChI=1S/C22H40N2/c1-19(2,3)23-17-21(13-9-7-10-14-21)22(15-11-8-12-16-22)18-24-20(4,5)6/h17-18H,7-16H2,1-6H3. The Bertz CT molecular complexity index is 403. The molecule has 0 spiro atoms. The van der Waals surface area contributed by atoms with Crippen LogP contribution >= 0.6 is 0 Å². The Morgan fingerprint density at radius 1 is 0.542 bits per heavy atom. The van der Waals surface area contributed by atoms with E-state index in [-0.39, 0.29) is 21.9 Å². The van der Waals surface area contributed by atoms with Crippen LogP contribution in [0.5, 0.6) is 0 Å². The third-order valence-corrected chi connectivity index (χ3v) is 5.88. The SMILES string of the molecule is CC(C)(C)N=CC1(C2(C=NC(C)(C)C)CCCCC2)CCCCC1. The van der Waals surface area contributed by atoms with Crippen molar-refractivity contribution in [2.45, 2.75) is 117 Å². The zero-order valence-electron chi connectivity index (χ0n) is 17.1. The Hall–Kier alpha value is -0.660. The summed E-state index contributed by atoms with van der Waals surface area (Å²) in [5.74, 6) is 0. The van der Waals surface area contributed by atoms with E-state index in [2.05, 4.69) is 54.0 Å². The maximum atomic E-state index is 5.03. The summed E-state index contributed by atoms with van der Waals surface area (Å²) in [6.07, 6.45) is 18.1. The minimum atomic E-state index is 0.0154. The van der Waals surface area contributed by atoms with Gasteiger partial charge in [-0.15, -0.1) is 0 Å². The first-order valence-corrected chi connectivity index (χ1v) is 10.2. The van der Waals surface area contributed by atoms with Crippen LogP contribution in [0.4, 0.5) is 0 Å². The van der Waals surface area contributed by atoms with Crippen LogP contribution in [0.1, 0.15) is 106 Å². The van der Waals surface area contributed by atoms with Crippen molar-refractivity contribution in [2.75, 3.05) is 0 Å². The lowest BCUT2D eigenvalue weighted by Gasteiger charge is -2.51. The van der Waals surface area contributed by atoms with Crippen LogP contribution in [0, 0.1) is 10.8 Å². The highest BCUT2D eigenvalue weighted by Gasteiger charge is 2.50. The van der Waals surface area contributed by atoms with E-state index in [1.807, 2.05) is 0 Å². The van der Waals surface area contributed by atoms with Gasteiger partial charge >= 0.3 is 0 Å². The van der Waals surface area contributed by atoms with E-state index in [4.69, 9.17) is 9.98 Å². The molecule has 2 aliphatic carbocycles. The summed E-state index contributed by atoms with van der Waals surface area (Å²) in [5, 5.41) is 0. The molecule has 0 bridgehead atoms. The fraction of sp³-hybridized carbons (Fsp3) is 0.909. The van der Waals surface area contributed by atoms with E-state index >= 15 is 0 Å². The van der Waals surface area contributed by atoms with Gasteiger partial charge in [-0.1, -0.05) is 38.5 Å². The number of nitrogens with zero attached hydrogens (tertiary/aromatic N) is 2. The van der Waals surface area contributed by atoms with Gasteiger partial charge in [-0.25, -0.2) is 0 Å². The van der Waals surface area contributed by atoms with Crippen molar-refractivity contribution in [3.05, 3.63) is 0 Å². The maximum absolute atomic E-state index is 5.03. The molecule has 0 aromatic rings. The first-order chi connectivity index (χ1) is 11.1. The maximum Gasteiger partial charge on any atom is 0.0520 e. The van der Waals surface area contributed by atoms with Crippen molar-refractivity contribution in [1.82, 2.24) is 0 Å². The second-order valence-corrected chi connectivity index (χ2v) is 10.3. The highest BCUT2D eigenvalue weighted by Crippen LogP contribution is 2.55. The van der Waals surface area contributed by atoms with Crippen LogP contribution in [0.15, 0.2) is 9.98 Å². The molecule has 24 heavy (non-hydrogen) atoms. The predicted octanol–water partition coefficient (Wildman–Crippen LogP) is 6.63. The molecule has 0 aliphatic heterocycles. The van der Waals surface area contributed by atoms with Gasteiger partial charge in [0.2, 0.25) is 0 Å². The molecule has 2 fully saturated rings. The van der Waals surface area contributed by atoms with E-state index in [1.165, 1.54) is 64.2 Å². The van der Waals surface area contributed by atoms with Crippen LogP contribution in [-0.2, 0) is 0 Å². The number of rotatable bonds is 3. The van der Waals surface area contributed by atoms with E-state index in [9.17, 15) is 0 Å². The van der Waals surface area contributed by atoms with Gasteiger partial charge in [0.05, 0.1) is 11.1 Å². The number of aliphatic imine (C=N–C) groups is 2. The molecule has 0 unspecified atom stereocenters. The molecule has 2 rings (SSSR count). The fourth-order valence-electron chi connectivity index (χ4n) is 4.51. The summed E-state index contributed by atoms with van der Waals surface area (Å²) in [6.45, 7) is 13.3. The Morgan fingerprint density at radius 3 is 1.08 bits per heavy atom. The molecule has 2 saturated carbocycles. The predicted molar refractivity (Wildman–Crippen MR) is 108 cm³/mol. The number of hydrogen-bond donors (Lipinski definition) is 0. The van der Waals surface area contributed by atoms with Gasteiger partial charge in [0, 0.05) is 23.3 Å². The molecule has 0 N–H and O–H groups in total. The summed E-state index contributed by atoms with van der Waals surface area (Å²) >= 11 is 0. The summed E-state index contributed by atoms with van der Waals surface area (Å²) < 4.78 is 0. The van der Waals surface area contributed by atoms with Crippen molar-refractivity contribution in [1.29, 1.82) is 0 Å². The molecule has 0 aromatic carbocycles. The molecule has 0 heterocycles. The minimum Gasteiger partial charge on any atom is -0.291 e. The monoisotopic (exact) mass is 332 g/mol. The molecule has 0 amide bonds. The quantitative estimate of drug-likeness (QED) is 0.518. The van der Waals surface area contributed by atoms with Crippen LogP contribution < -0.4 is 0 Å². The van der Waals surface area contributed by atoms with Gasteiger partial charge in [0.25, 0.3) is 0 Å². The van der Waals surface area contributed by atoms with E-state index in [0.29, 0.717) is 0 Å². The van der Waals surface area contributed by atoms with Crippen LogP contribution in [-0.4, -0.2) is 23.5 Å². The molecule has 2 heteroatoms. The fourth-order valence-corrected chi connectivity index (χ4v) is 4.51. The second kappa shape index (κ2) is 7.30. The Kier molecular flexibility index (Phi) is 5.98. The number of hydrogen-bond acceptors (Lipinski definition) is 2. The molecule has 138 valence electrons. The Balaban J connectivity index is 2.44. The minimum absolute atomic E-state index is 0.0154. The molecular formula is C22H40N2. The average molecular weight is 333 g/mol. The second-order valence-electron chi connectivity index (χ2n) is 10.3. The normalized spacial score (nSPS) is 25.4. The van der Waals surface area contributed by atoms with Crippen LogP contribution in [0.2, 0.25) is 0 Å². The highest BCUT2D eigenvalue weighted by atomic mass is 14.9. The molecule has 2 nitrogen and oxygen atoms in total. The summed E-state index contributed by atoms with van der Waals surface area (Å²) in [4.78, 5) is 10.1. The van der Waals surface area contributed by atoms with E-state index in [0.717, 1.165) is 0 Å². The lowest BCUT2D eigenvalue weighted by molar-refractivity contribution is 0.0932. The van der Waals surface area contributed by atoms with E-state index < -0.39 is 0 Å². The van der Waals surface area contributed by atoms with Crippen LogP contribution in [0.25, 0.3) is 0 Å². The molecular weight excluding hydrogens is 292 g/mol. The van der Waals surface area contributed by atoms with Crippen LogP contribution in [0.3, 0.4) is 0 Å². The molecule has 0 aromatic heterocycles. The third kappa shape index (κ3) is 4.92.